The summed E-state index contributed by atoms with van der Waals surface area (Å²) in [5, 5.41) is 1.04. The highest BCUT2D eigenvalue weighted by Crippen LogP contribution is 2.67. The van der Waals surface area contributed by atoms with Gasteiger partial charge in [-0.15, -0.1) is 0 Å². The van der Waals surface area contributed by atoms with Crippen LogP contribution in [0.25, 0.3) is 22.1 Å². The molecule has 7 rings (SSSR count). The Morgan fingerprint density at radius 1 is 0.980 bits per heavy atom. The largest absolute Gasteiger partial charge is 0.480 e. The normalized spacial score (nSPS) is 31.0. The fourth-order valence-corrected chi connectivity index (χ4v) is 11.5. The Hall–Kier alpha value is -3.05. The molecule has 8 atom stereocenters. The molecular weight excluding hydrogens is 644 g/mol. The summed E-state index contributed by atoms with van der Waals surface area (Å²) in [6.45, 7) is 12.2. The van der Waals surface area contributed by atoms with Gasteiger partial charge < -0.3 is 13.9 Å². The predicted octanol–water partition coefficient (Wildman–Crippen LogP) is 11.4. The molecule has 0 amide bonds. The Balaban J connectivity index is 0.973. The monoisotopic (exact) mass is 698 g/mol. The van der Waals surface area contributed by atoms with E-state index in [9.17, 15) is 9.59 Å². The van der Waals surface area contributed by atoms with Gasteiger partial charge in [-0.05, 0) is 108 Å². The molecule has 3 saturated carbocycles. The summed E-state index contributed by atoms with van der Waals surface area (Å²) in [7, 11) is 0. The van der Waals surface area contributed by atoms with Crippen LogP contribution in [0.2, 0.25) is 5.02 Å². The SMILES string of the molecule is CC(C)CCC[C@@H](C)[C@H]1CC[C@@H]2[C@@H]3CC=C4C[C@@H](OC(=O)COc5cc6oc(=O)cc(-c7ccccc7)c6cc5Cl)CC[C@]4(C)[C@H]3CC[C@@]21C. The minimum absolute atomic E-state index is 0.142. The van der Waals surface area contributed by atoms with Crippen molar-refractivity contribution < 1.29 is 18.7 Å². The highest BCUT2D eigenvalue weighted by molar-refractivity contribution is 6.33. The third kappa shape index (κ3) is 6.69. The second-order valence-electron chi connectivity index (χ2n) is 17.1. The first-order valence-electron chi connectivity index (χ1n) is 19.3. The zero-order valence-electron chi connectivity index (χ0n) is 30.6. The van der Waals surface area contributed by atoms with Crippen LogP contribution in [-0.2, 0) is 9.53 Å². The van der Waals surface area contributed by atoms with Gasteiger partial charge in [0.2, 0.25) is 0 Å². The van der Waals surface area contributed by atoms with E-state index in [0.29, 0.717) is 21.4 Å². The van der Waals surface area contributed by atoms with Crippen molar-refractivity contribution in [2.45, 2.75) is 111 Å². The van der Waals surface area contributed by atoms with Crippen molar-refractivity contribution in [3.05, 3.63) is 75.6 Å². The summed E-state index contributed by atoms with van der Waals surface area (Å²) in [6, 6.07) is 14.4. The molecule has 2 aromatic carbocycles. The van der Waals surface area contributed by atoms with Crippen molar-refractivity contribution in [2.24, 2.45) is 46.3 Å². The lowest BCUT2D eigenvalue weighted by Crippen LogP contribution is -2.51. The summed E-state index contributed by atoms with van der Waals surface area (Å²) in [6.07, 6.45) is 16.0. The van der Waals surface area contributed by atoms with Crippen molar-refractivity contribution in [2.75, 3.05) is 6.61 Å². The number of carbonyl (C=O) groups excluding carboxylic acids is 1. The van der Waals surface area contributed by atoms with E-state index in [-0.39, 0.29) is 23.9 Å². The summed E-state index contributed by atoms with van der Waals surface area (Å²) in [4.78, 5) is 25.5. The molecule has 1 aromatic heterocycles. The molecule has 1 heterocycles. The summed E-state index contributed by atoms with van der Waals surface area (Å²) in [5.41, 5.74) is 3.69. The lowest BCUT2D eigenvalue weighted by Gasteiger charge is -2.58. The van der Waals surface area contributed by atoms with E-state index < -0.39 is 11.6 Å². The Morgan fingerprint density at radius 2 is 1.78 bits per heavy atom. The van der Waals surface area contributed by atoms with Crippen LogP contribution in [0.5, 0.6) is 5.75 Å². The number of fused-ring (bicyclic) bond motifs is 6. The quantitative estimate of drug-likeness (QED) is 0.120. The van der Waals surface area contributed by atoms with E-state index in [2.05, 4.69) is 40.7 Å². The van der Waals surface area contributed by atoms with Gasteiger partial charge in [0.05, 0.1) is 5.02 Å². The molecule has 6 heteroatoms. The molecule has 0 bridgehead atoms. The van der Waals surface area contributed by atoms with Crippen LogP contribution >= 0.6 is 11.6 Å². The van der Waals surface area contributed by atoms with E-state index in [4.69, 9.17) is 25.5 Å². The molecule has 0 unspecified atom stereocenters. The lowest BCUT2D eigenvalue weighted by molar-refractivity contribution is -0.153. The Kier molecular flexibility index (Phi) is 10.0. The number of esters is 1. The molecule has 3 aromatic rings. The molecular formula is C44H55ClO5. The topological polar surface area (TPSA) is 65.7 Å². The Morgan fingerprint density at radius 3 is 2.56 bits per heavy atom. The van der Waals surface area contributed by atoms with Crippen molar-refractivity contribution in [1.29, 1.82) is 0 Å². The number of halogens is 1. The van der Waals surface area contributed by atoms with Gasteiger partial charge in [0.1, 0.15) is 17.4 Å². The zero-order valence-corrected chi connectivity index (χ0v) is 31.4. The third-order valence-electron chi connectivity index (χ3n) is 13.8. The van der Waals surface area contributed by atoms with Gasteiger partial charge in [0.15, 0.2) is 6.61 Å². The van der Waals surface area contributed by atoms with Crippen molar-refractivity contribution in [3.8, 4) is 16.9 Å². The number of ether oxygens (including phenoxy) is 2. The van der Waals surface area contributed by atoms with Crippen LogP contribution in [-0.4, -0.2) is 18.7 Å². The molecule has 50 heavy (non-hydrogen) atoms. The standard InChI is InChI=1S/C44H55ClO5/c1-27(2)10-9-11-28(3)35-16-17-36-32-15-14-30-22-31(18-20-43(30,4)37(32)19-21-44(35,36)5)49-42(47)26-48-40-25-39-34(23-38(40)45)33(24-41(46)50-39)29-12-7-6-8-13-29/h6-8,12-14,23-25,27-28,31-32,35-37H,9-11,15-22,26H2,1-5H3/t28-,31+,32+,35-,36-,37+,43+,44-/m1/s1. The molecule has 4 aliphatic rings. The first-order chi connectivity index (χ1) is 24.0. The maximum Gasteiger partial charge on any atom is 0.344 e. The number of allylic oxidation sites excluding steroid dienone is 1. The van der Waals surface area contributed by atoms with Crippen LogP contribution < -0.4 is 10.4 Å². The van der Waals surface area contributed by atoms with Crippen molar-refractivity contribution >= 4 is 28.5 Å². The van der Waals surface area contributed by atoms with Gasteiger partial charge in [-0.25, -0.2) is 9.59 Å². The molecule has 0 radical (unpaired) electrons. The van der Waals surface area contributed by atoms with Gasteiger partial charge in [-0.2, -0.15) is 0 Å². The predicted molar refractivity (Wildman–Crippen MR) is 201 cm³/mol. The van der Waals surface area contributed by atoms with Gasteiger partial charge in [0, 0.05) is 23.9 Å². The number of benzene rings is 2. The van der Waals surface area contributed by atoms with Gasteiger partial charge in [-0.3, -0.25) is 0 Å². The van der Waals surface area contributed by atoms with Crippen molar-refractivity contribution in [3.63, 3.8) is 0 Å². The van der Waals surface area contributed by atoms with Crippen LogP contribution in [0.1, 0.15) is 105 Å². The molecule has 0 N–H and O–H groups in total. The summed E-state index contributed by atoms with van der Waals surface area (Å²) >= 11 is 6.62. The summed E-state index contributed by atoms with van der Waals surface area (Å²) < 4.78 is 17.4. The number of hydrogen-bond donors (Lipinski definition) is 0. The molecule has 3 fully saturated rings. The molecule has 4 aliphatic carbocycles. The smallest absolute Gasteiger partial charge is 0.344 e. The Labute approximate surface area is 303 Å². The van der Waals surface area contributed by atoms with Crippen molar-refractivity contribution in [1.82, 2.24) is 0 Å². The Bertz CT molecular complexity index is 1790. The molecule has 0 aliphatic heterocycles. The van der Waals surface area contributed by atoms with Gasteiger partial charge in [0.25, 0.3) is 0 Å². The maximum absolute atomic E-state index is 13.1. The van der Waals surface area contributed by atoms with Crippen LogP contribution in [0.15, 0.2) is 69.4 Å². The average molecular weight is 699 g/mol. The maximum atomic E-state index is 13.1. The molecule has 0 spiro atoms. The average Bonchev–Trinajstić information content (AvgIpc) is 3.45. The first-order valence-corrected chi connectivity index (χ1v) is 19.7. The second kappa shape index (κ2) is 14.2. The first kappa shape index (κ1) is 35.4. The lowest BCUT2D eigenvalue weighted by atomic mass is 9.47. The highest BCUT2D eigenvalue weighted by Gasteiger charge is 2.59. The number of hydrogen-bond acceptors (Lipinski definition) is 5. The fraction of sp³-hybridized carbons (Fsp3) is 0.591. The highest BCUT2D eigenvalue weighted by atomic mass is 35.5. The zero-order chi connectivity index (χ0) is 35.2. The van der Waals surface area contributed by atoms with E-state index in [1.807, 2.05) is 30.3 Å². The van der Waals surface area contributed by atoms with E-state index in [1.54, 1.807) is 12.1 Å². The van der Waals surface area contributed by atoms with Crippen LogP contribution in [0.3, 0.4) is 0 Å². The van der Waals surface area contributed by atoms with E-state index >= 15 is 0 Å². The molecule has 5 nitrogen and oxygen atoms in total. The number of rotatable bonds is 10. The second-order valence-corrected chi connectivity index (χ2v) is 17.5. The van der Waals surface area contributed by atoms with Gasteiger partial charge >= 0.3 is 11.6 Å². The molecule has 0 saturated heterocycles. The minimum Gasteiger partial charge on any atom is -0.480 e. The molecule has 268 valence electrons. The van der Waals surface area contributed by atoms with Crippen LogP contribution in [0, 0.1) is 46.3 Å². The summed E-state index contributed by atoms with van der Waals surface area (Å²) in [5.74, 6) is 4.71. The van der Waals surface area contributed by atoms with Gasteiger partial charge in [-0.1, -0.05) is 107 Å². The minimum atomic E-state index is -0.464. The number of carbonyl (C=O) groups is 1. The fourth-order valence-electron chi connectivity index (χ4n) is 11.2. The van der Waals surface area contributed by atoms with E-state index in [0.717, 1.165) is 65.9 Å². The third-order valence-corrected chi connectivity index (χ3v) is 14.1. The van der Waals surface area contributed by atoms with Crippen LogP contribution in [0.4, 0.5) is 0 Å². The van der Waals surface area contributed by atoms with E-state index in [1.165, 1.54) is 63.0 Å².